The minimum atomic E-state index is 1.10. The van der Waals surface area contributed by atoms with E-state index in [-0.39, 0.29) is 0 Å². The predicted octanol–water partition coefficient (Wildman–Crippen LogP) is 16.4. The standard InChI is InChI=1S/C58H39N/c1-2-12-40(13-3-1)47-18-11-20-52(38-47)59(51-33-28-43(29-34-51)48-25-24-41-14-4-5-16-45(41)36-48)50-31-26-42(27-32-50)46-17-10-19-49(37-46)57-39-58-53-21-7-6-15-44(53)30-35-56(58)54-22-8-9-23-55(54)57/h1-39H. The van der Waals surface area contributed by atoms with Gasteiger partial charge in [-0.25, -0.2) is 0 Å². The fourth-order valence-corrected chi connectivity index (χ4v) is 8.84. The van der Waals surface area contributed by atoms with Gasteiger partial charge in [-0.05, 0) is 142 Å². The lowest BCUT2D eigenvalue weighted by Gasteiger charge is -2.26. The van der Waals surface area contributed by atoms with Crippen molar-refractivity contribution in [3.05, 3.63) is 237 Å². The highest BCUT2D eigenvalue weighted by molar-refractivity contribution is 6.21. The summed E-state index contributed by atoms with van der Waals surface area (Å²) in [6, 6.07) is 86.2. The van der Waals surface area contributed by atoms with E-state index < -0.39 is 0 Å². The zero-order valence-electron chi connectivity index (χ0n) is 32.5. The van der Waals surface area contributed by atoms with Crippen LogP contribution in [0.1, 0.15) is 0 Å². The molecule has 0 N–H and O–H groups in total. The third-order valence-corrected chi connectivity index (χ3v) is 11.8. The van der Waals surface area contributed by atoms with E-state index in [1.54, 1.807) is 0 Å². The molecular weight excluding hydrogens is 711 g/mol. The van der Waals surface area contributed by atoms with Gasteiger partial charge < -0.3 is 4.90 Å². The molecule has 11 rings (SSSR count). The maximum absolute atomic E-state index is 2.40. The van der Waals surface area contributed by atoms with Gasteiger partial charge in [0.05, 0.1) is 0 Å². The van der Waals surface area contributed by atoms with E-state index in [2.05, 4.69) is 241 Å². The SMILES string of the molecule is c1ccc(-c2cccc(N(c3ccc(-c4cccc(-c5cc6c7ccccc7ccc6c6ccccc56)c4)cc3)c3ccc(-c4ccc5ccccc5c4)cc3)c2)cc1. The van der Waals surface area contributed by atoms with Crippen LogP contribution < -0.4 is 4.90 Å². The Hall–Kier alpha value is -7.74. The van der Waals surface area contributed by atoms with Crippen LogP contribution in [-0.4, -0.2) is 0 Å². The molecule has 11 aromatic carbocycles. The minimum Gasteiger partial charge on any atom is -0.310 e. The highest BCUT2D eigenvalue weighted by atomic mass is 15.1. The topological polar surface area (TPSA) is 3.24 Å². The Morgan fingerprint density at radius 3 is 1.44 bits per heavy atom. The fourth-order valence-electron chi connectivity index (χ4n) is 8.84. The van der Waals surface area contributed by atoms with Gasteiger partial charge in [0.2, 0.25) is 0 Å². The van der Waals surface area contributed by atoms with Crippen molar-refractivity contribution in [2.45, 2.75) is 0 Å². The van der Waals surface area contributed by atoms with Crippen LogP contribution in [0.25, 0.3) is 87.6 Å². The summed E-state index contributed by atoms with van der Waals surface area (Å²) in [5, 5.41) is 10.2. The second-order valence-corrected chi connectivity index (χ2v) is 15.3. The van der Waals surface area contributed by atoms with Crippen molar-refractivity contribution in [1.29, 1.82) is 0 Å². The second kappa shape index (κ2) is 14.6. The summed E-state index contributed by atoms with van der Waals surface area (Å²) in [4.78, 5) is 2.36. The molecule has 0 atom stereocenters. The first-order chi connectivity index (χ1) is 29.2. The van der Waals surface area contributed by atoms with E-state index in [9.17, 15) is 0 Å². The van der Waals surface area contributed by atoms with Crippen LogP contribution >= 0.6 is 0 Å². The molecule has 1 nitrogen and oxygen atoms in total. The molecule has 0 saturated heterocycles. The monoisotopic (exact) mass is 749 g/mol. The van der Waals surface area contributed by atoms with Crippen molar-refractivity contribution in [1.82, 2.24) is 0 Å². The van der Waals surface area contributed by atoms with Crippen molar-refractivity contribution in [2.24, 2.45) is 0 Å². The van der Waals surface area contributed by atoms with Crippen LogP contribution in [0, 0.1) is 0 Å². The van der Waals surface area contributed by atoms with E-state index in [4.69, 9.17) is 0 Å². The number of hydrogen-bond donors (Lipinski definition) is 0. The number of fused-ring (bicyclic) bond motifs is 6. The van der Waals surface area contributed by atoms with E-state index >= 15 is 0 Å². The minimum absolute atomic E-state index is 1.10. The highest BCUT2D eigenvalue weighted by Crippen LogP contribution is 2.41. The lowest BCUT2D eigenvalue weighted by molar-refractivity contribution is 1.28. The molecule has 0 fully saturated rings. The van der Waals surface area contributed by atoms with Crippen LogP contribution in [0.3, 0.4) is 0 Å². The Morgan fingerprint density at radius 1 is 0.203 bits per heavy atom. The third kappa shape index (κ3) is 6.40. The molecule has 59 heavy (non-hydrogen) atoms. The van der Waals surface area contributed by atoms with Crippen molar-refractivity contribution >= 4 is 60.2 Å². The van der Waals surface area contributed by atoms with Crippen LogP contribution in [-0.2, 0) is 0 Å². The summed E-state index contributed by atoms with van der Waals surface area (Å²) in [7, 11) is 0. The molecule has 0 radical (unpaired) electrons. The molecule has 0 heterocycles. The first-order valence-electron chi connectivity index (χ1n) is 20.3. The molecule has 0 amide bonds. The molecule has 0 unspecified atom stereocenters. The summed E-state index contributed by atoms with van der Waals surface area (Å²) in [5.41, 5.74) is 12.9. The fraction of sp³-hybridized carbons (Fsp3) is 0. The Bertz CT molecular complexity index is 3310. The predicted molar refractivity (Wildman–Crippen MR) is 253 cm³/mol. The van der Waals surface area contributed by atoms with E-state index in [1.807, 2.05) is 0 Å². The van der Waals surface area contributed by atoms with Crippen molar-refractivity contribution in [3.63, 3.8) is 0 Å². The van der Waals surface area contributed by atoms with Gasteiger partial charge in [-0.15, -0.1) is 0 Å². The maximum Gasteiger partial charge on any atom is 0.0467 e. The summed E-state index contributed by atoms with van der Waals surface area (Å²) in [5.74, 6) is 0. The molecule has 0 bridgehead atoms. The van der Waals surface area contributed by atoms with Crippen molar-refractivity contribution < 1.29 is 0 Å². The molecule has 0 saturated carbocycles. The molecule has 0 aliphatic heterocycles. The lowest BCUT2D eigenvalue weighted by Crippen LogP contribution is -2.10. The van der Waals surface area contributed by atoms with Crippen molar-refractivity contribution in [2.75, 3.05) is 4.90 Å². The number of benzene rings is 11. The quantitative estimate of drug-likeness (QED) is 0.147. The number of anilines is 3. The van der Waals surface area contributed by atoms with Crippen LogP contribution in [0.4, 0.5) is 17.1 Å². The largest absolute Gasteiger partial charge is 0.310 e. The number of hydrogen-bond acceptors (Lipinski definition) is 1. The number of rotatable bonds is 7. The van der Waals surface area contributed by atoms with Crippen LogP contribution in [0.15, 0.2) is 237 Å². The Morgan fingerprint density at radius 2 is 0.695 bits per heavy atom. The molecule has 0 aromatic heterocycles. The first-order valence-corrected chi connectivity index (χ1v) is 20.3. The van der Waals surface area contributed by atoms with E-state index in [0.717, 1.165) is 17.1 Å². The summed E-state index contributed by atoms with van der Waals surface area (Å²) < 4.78 is 0. The summed E-state index contributed by atoms with van der Waals surface area (Å²) >= 11 is 0. The van der Waals surface area contributed by atoms with Gasteiger partial charge in [-0.2, -0.15) is 0 Å². The second-order valence-electron chi connectivity index (χ2n) is 15.3. The first kappa shape index (κ1) is 34.5. The van der Waals surface area contributed by atoms with Gasteiger partial charge in [0.1, 0.15) is 0 Å². The van der Waals surface area contributed by atoms with E-state index in [0.29, 0.717) is 0 Å². The van der Waals surface area contributed by atoms with Gasteiger partial charge in [0, 0.05) is 17.1 Å². The number of nitrogens with zero attached hydrogens (tertiary/aromatic N) is 1. The zero-order chi connectivity index (χ0) is 39.1. The average Bonchev–Trinajstić information content (AvgIpc) is 3.32. The Kier molecular flexibility index (Phi) is 8.56. The van der Waals surface area contributed by atoms with Gasteiger partial charge in [-0.3, -0.25) is 0 Å². The van der Waals surface area contributed by atoms with Gasteiger partial charge >= 0.3 is 0 Å². The van der Waals surface area contributed by atoms with E-state index in [1.165, 1.54) is 87.6 Å². The lowest BCUT2D eigenvalue weighted by atomic mass is 9.90. The molecule has 0 spiro atoms. The normalized spacial score (nSPS) is 11.4. The van der Waals surface area contributed by atoms with Gasteiger partial charge in [0.25, 0.3) is 0 Å². The molecular formula is C58H39N. The average molecular weight is 750 g/mol. The zero-order valence-corrected chi connectivity index (χ0v) is 32.5. The highest BCUT2D eigenvalue weighted by Gasteiger charge is 2.16. The third-order valence-electron chi connectivity index (χ3n) is 11.8. The smallest absolute Gasteiger partial charge is 0.0467 e. The maximum atomic E-state index is 2.40. The summed E-state index contributed by atoms with van der Waals surface area (Å²) in [6.45, 7) is 0. The molecule has 0 aliphatic rings. The molecule has 1 heteroatoms. The summed E-state index contributed by atoms with van der Waals surface area (Å²) in [6.07, 6.45) is 0. The van der Waals surface area contributed by atoms with Gasteiger partial charge in [-0.1, -0.05) is 182 Å². The van der Waals surface area contributed by atoms with Crippen LogP contribution in [0.5, 0.6) is 0 Å². The van der Waals surface area contributed by atoms with Gasteiger partial charge in [0.15, 0.2) is 0 Å². The molecule has 0 aliphatic carbocycles. The Labute approximate surface area is 344 Å². The Balaban J connectivity index is 0.982. The molecule has 11 aromatic rings. The van der Waals surface area contributed by atoms with Crippen LogP contribution in [0.2, 0.25) is 0 Å². The van der Waals surface area contributed by atoms with Crippen molar-refractivity contribution in [3.8, 4) is 44.5 Å². The molecule has 276 valence electrons.